The molecule has 0 aliphatic carbocycles. The van der Waals surface area contributed by atoms with Gasteiger partial charge in [-0.2, -0.15) is 0 Å². The zero-order chi connectivity index (χ0) is 8.39. The predicted molar refractivity (Wildman–Crippen MR) is 49.9 cm³/mol. The van der Waals surface area contributed by atoms with Crippen LogP contribution in [0.5, 0.6) is 0 Å². The van der Waals surface area contributed by atoms with Gasteiger partial charge in [-0.15, -0.1) is 0 Å². The summed E-state index contributed by atoms with van der Waals surface area (Å²) in [6.45, 7) is 11.2. The summed E-state index contributed by atoms with van der Waals surface area (Å²) < 4.78 is 0. The van der Waals surface area contributed by atoms with Gasteiger partial charge in [-0.25, -0.2) is 0 Å². The highest BCUT2D eigenvalue weighted by molar-refractivity contribution is 4.90. The lowest BCUT2D eigenvalue weighted by Crippen LogP contribution is -2.57. The van der Waals surface area contributed by atoms with Crippen molar-refractivity contribution < 1.29 is 0 Å². The van der Waals surface area contributed by atoms with Gasteiger partial charge in [-0.05, 0) is 12.8 Å². The maximum atomic E-state index is 4.24. The molecule has 1 atom stereocenters. The zero-order valence-corrected chi connectivity index (χ0v) is 7.55. The monoisotopic (exact) mass is 168 g/mol. The summed E-state index contributed by atoms with van der Waals surface area (Å²) in [5.74, 6) is 0.795. The second-order valence-corrected chi connectivity index (χ2v) is 3.77. The van der Waals surface area contributed by atoms with Gasteiger partial charge in [0.05, 0.1) is 0 Å². The maximum Gasteiger partial charge on any atom is 0.0149 e. The fourth-order valence-corrected chi connectivity index (χ4v) is 1.89. The fourth-order valence-electron chi connectivity index (χ4n) is 1.89. The molecule has 2 aliphatic rings. The number of piperazine rings is 1. The van der Waals surface area contributed by atoms with Crippen molar-refractivity contribution in [3.8, 4) is 0 Å². The van der Waals surface area contributed by atoms with E-state index in [1.165, 1.54) is 13.1 Å². The molecule has 3 nitrogen and oxygen atoms in total. The van der Waals surface area contributed by atoms with Crippen molar-refractivity contribution in [1.29, 1.82) is 0 Å². The molecule has 0 aromatic rings. The SMILES string of the molecule is [CH2]C(C1CNC1)N1CCNCC1. The largest absolute Gasteiger partial charge is 0.316 e. The molecular weight excluding hydrogens is 150 g/mol. The predicted octanol–water partition coefficient (Wildman–Crippen LogP) is -0.686. The molecule has 0 aromatic heterocycles. The summed E-state index contributed by atoms with van der Waals surface area (Å²) in [5.41, 5.74) is 0. The minimum Gasteiger partial charge on any atom is -0.316 e. The second-order valence-electron chi connectivity index (χ2n) is 3.77. The average Bonchev–Trinajstić information content (AvgIpc) is 2.03. The molecular formula is C9H18N3. The molecule has 2 saturated heterocycles. The molecule has 2 rings (SSSR count). The van der Waals surface area contributed by atoms with Gasteiger partial charge in [0.25, 0.3) is 0 Å². The molecule has 3 heteroatoms. The van der Waals surface area contributed by atoms with Gasteiger partial charge in [-0.1, -0.05) is 0 Å². The van der Waals surface area contributed by atoms with Crippen LogP contribution in [0, 0.1) is 12.8 Å². The molecule has 2 heterocycles. The Morgan fingerprint density at radius 3 is 2.33 bits per heavy atom. The Kier molecular flexibility index (Phi) is 2.63. The van der Waals surface area contributed by atoms with Gasteiger partial charge in [0, 0.05) is 45.3 Å². The molecule has 12 heavy (non-hydrogen) atoms. The van der Waals surface area contributed by atoms with Gasteiger partial charge in [0.2, 0.25) is 0 Å². The van der Waals surface area contributed by atoms with Crippen molar-refractivity contribution in [2.45, 2.75) is 6.04 Å². The van der Waals surface area contributed by atoms with Gasteiger partial charge in [-0.3, -0.25) is 4.90 Å². The first-order valence-corrected chi connectivity index (χ1v) is 4.86. The lowest BCUT2D eigenvalue weighted by atomic mass is 9.93. The molecule has 0 spiro atoms. The van der Waals surface area contributed by atoms with Gasteiger partial charge in [0.1, 0.15) is 0 Å². The van der Waals surface area contributed by atoms with Crippen LogP contribution < -0.4 is 10.6 Å². The van der Waals surface area contributed by atoms with E-state index in [1.807, 2.05) is 0 Å². The van der Waals surface area contributed by atoms with Crippen molar-refractivity contribution in [3.63, 3.8) is 0 Å². The van der Waals surface area contributed by atoms with Crippen LogP contribution in [0.1, 0.15) is 0 Å². The zero-order valence-electron chi connectivity index (χ0n) is 7.55. The summed E-state index contributed by atoms with van der Waals surface area (Å²) in [5, 5.41) is 6.66. The van der Waals surface area contributed by atoms with E-state index >= 15 is 0 Å². The van der Waals surface area contributed by atoms with Crippen LogP contribution in [-0.4, -0.2) is 50.2 Å². The van der Waals surface area contributed by atoms with Crippen molar-refractivity contribution in [3.05, 3.63) is 6.92 Å². The van der Waals surface area contributed by atoms with Crippen LogP contribution >= 0.6 is 0 Å². The van der Waals surface area contributed by atoms with E-state index in [9.17, 15) is 0 Å². The fraction of sp³-hybridized carbons (Fsp3) is 0.889. The quantitative estimate of drug-likeness (QED) is 0.572. The van der Waals surface area contributed by atoms with Gasteiger partial charge in [0.15, 0.2) is 0 Å². The molecule has 0 saturated carbocycles. The Hall–Kier alpha value is -0.120. The topological polar surface area (TPSA) is 27.3 Å². The third-order valence-electron chi connectivity index (χ3n) is 2.98. The highest BCUT2D eigenvalue weighted by atomic mass is 15.2. The molecule has 0 amide bonds. The van der Waals surface area contributed by atoms with Crippen LogP contribution in [0.25, 0.3) is 0 Å². The molecule has 2 N–H and O–H groups in total. The van der Waals surface area contributed by atoms with Crippen molar-refractivity contribution in [1.82, 2.24) is 15.5 Å². The van der Waals surface area contributed by atoms with Crippen molar-refractivity contribution in [2.75, 3.05) is 39.3 Å². The summed E-state index contributed by atoms with van der Waals surface area (Å²) in [6.07, 6.45) is 0. The lowest BCUT2D eigenvalue weighted by molar-refractivity contribution is 0.125. The molecule has 0 aromatic carbocycles. The Morgan fingerprint density at radius 2 is 1.83 bits per heavy atom. The van der Waals surface area contributed by atoms with Gasteiger partial charge >= 0.3 is 0 Å². The summed E-state index contributed by atoms with van der Waals surface area (Å²) >= 11 is 0. The Bertz CT molecular complexity index is 139. The number of hydrogen-bond donors (Lipinski definition) is 2. The van der Waals surface area contributed by atoms with Crippen molar-refractivity contribution in [2.24, 2.45) is 5.92 Å². The van der Waals surface area contributed by atoms with E-state index < -0.39 is 0 Å². The van der Waals surface area contributed by atoms with Crippen molar-refractivity contribution >= 4 is 0 Å². The van der Waals surface area contributed by atoms with Crippen LogP contribution in [0.3, 0.4) is 0 Å². The van der Waals surface area contributed by atoms with Crippen LogP contribution in [-0.2, 0) is 0 Å². The first-order valence-electron chi connectivity index (χ1n) is 4.86. The molecule has 69 valence electrons. The summed E-state index contributed by atoms with van der Waals surface area (Å²) in [6, 6.07) is 0.536. The van der Waals surface area contributed by atoms with Crippen LogP contribution in [0.4, 0.5) is 0 Å². The maximum absolute atomic E-state index is 4.24. The third kappa shape index (κ3) is 1.63. The average molecular weight is 168 g/mol. The van der Waals surface area contributed by atoms with Crippen LogP contribution in [0.2, 0.25) is 0 Å². The first kappa shape index (κ1) is 8.48. The normalized spacial score (nSPS) is 29.8. The first-order chi connectivity index (χ1) is 5.88. The Balaban J connectivity index is 1.80. The molecule has 1 radical (unpaired) electrons. The number of nitrogens with one attached hydrogen (secondary N) is 2. The third-order valence-corrected chi connectivity index (χ3v) is 2.98. The smallest absolute Gasteiger partial charge is 0.0149 e. The Morgan fingerprint density at radius 1 is 1.17 bits per heavy atom. The van der Waals surface area contributed by atoms with E-state index in [0.717, 1.165) is 32.1 Å². The van der Waals surface area contributed by atoms with E-state index in [0.29, 0.717) is 6.04 Å². The molecule has 0 bridgehead atoms. The Labute approximate surface area is 74.5 Å². The number of rotatable bonds is 2. The van der Waals surface area contributed by atoms with E-state index in [-0.39, 0.29) is 0 Å². The number of nitrogens with zero attached hydrogens (tertiary/aromatic N) is 1. The molecule has 2 fully saturated rings. The minimum atomic E-state index is 0.536. The second kappa shape index (κ2) is 3.73. The highest BCUT2D eigenvalue weighted by Crippen LogP contribution is 2.14. The lowest BCUT2D eigenvalue weighted by Gasteiger charge is -2.41. The number of hydrogen-bond acceptors (Lipinski definition) is 3. The summed E-state index contributed by atoms with van der Waals surface area (Å²) in [4.78, 5) is 2.50. The standard InChI is InChI=1S/C9H18N3/c1-8(9-6-11-7-9)12-4-2-10-3-5-12/h8-11H,1-7H2. The minimum absolute atomic E-state index is 0.536. The van der Waals surface area contributed by atoms with Crippen LogP contribution in [0.15, 0.2) is 0 Å². The van der Waals surface area contributed by atoms with E-state index in [1.54, 1.807) is 0 Å². The summed E-state index contributed by atoms with van der Waals surface area (Å²) in [7, 11) is 0. The van der Waals surface area contributed by atoms with E-state index in [2.05, 4.69) is 22.5 Å². The van der Waals surface area contributed by atoms with Gasteiger partial charge < -0.3 is 10.6 Å². The molecule has 1 unspecified atom stereocenters. The molecule has 2 aliphatic heterocycles. The highest BCUT2D eigenvalue weighted by Gasteiger charge is 2.28. The van der Waals surface area contributed by atoms with E-state index in [4.69, 9.17) is 0 Å².